The summed E-state index contributed by atoms with van der Waals surface area (Å²) in [5.41, 5.74) is 0.343. The second kappa shape index (κ2) is 6.44. The SMILES string of the molecule is CCCN(CC(F)(F)F)c1cc(NC)cc([N+](=O)[O-])c1. The van der Waals surface area contributed by atoms with Crippen molar-refractivity contribution in [2.24, 2.45) is 0 Å². The van der Waals surface area contributed by atoms with Crippen molar-refractivity contribution in [3.05, 3.63) is 28.3 Å². The molecule has 1 aromatic carbocycles. The predicted molar refractivity (Wildman–Crippen MR) is 71.2 cm³/mol. The minimum atomic E-state index is -4.36. The molecule has 5 nitrogen and oxygen atoms in total. The van der Waals surface area contributed by atoms with Crippen molar-refractivity contribution < 1.29 is 18.1 Å². The van der Waals surface area contributed by atoms with Crippen molar-refractivity contribution in [3.63, 3.8) is 0 Å². The van der Waals surface area contributed by atoms with Crippen LogP contribution >= 0.6 is 0 Å². The first-order valence-corrected chi connectivity index (χ1v) is 6.05. The Balaban J connectivity index is 3.17. The van der Waals surface area contributed by atoms with Gasteiger partial charge in [0, 0.05) is 37.1 Å². The largest absolute Gasteiger partial charge is 0.405 e. The van der Waals surface area contributed by atoms with Crippen LogP contribution in [-0.4, -0.2) is 31.2 Å². The molecule has 0 unspecified atom stereocenters. The molecule has 0 spiro atoms. The van der Waals surface area contributed by atoms with Gasteiger partial charge in [0.15, 0.2) is 0 Å². The molecular weight excluding hydrogens is 275 g/mol. The molecule has 0 heterocycles. The Morgan fingerprint density at radius 2 is 2.00 bits per heavy atom. The van der Waals surface area contributed by atoms with Gasteiger partial charge in [-0.05, 0) is 12.5 Å². The summed E-state index contributed by atoms with van der Waals surface area (Å²) in [6.45, 7) is 0.786. The van der Waals surface area contributed by atoms with Gasteiger partial charge in [0.25, 0.3) is 5.69 Å². The topological polar surface area (TPSA) is 58.4 Å². The predicted octanol–water partition coefficient (Wildman–Crippen LogP) is 3.42. The molecule has 0 amide bonds. The van der Waals surface area contributed by atoms with Crippen molar-refractivity contribution in [1.29, 1.82) is 0 Å². The Morgan fingerprint density at radius 1 is 1.35 bits per heavy atom. The number of nitrogens with zero attached hydrogens (tertiary/aromatic N) is 2. The zero-order chi connectivity index (χ0) is 15.3. The van der Waals surface area contributed by atoms with Gasteiger partial charge in [0.05, 0.1) is 4.92 Å². The van der Waals surface area contributed by atoms with E-state index in [0.29, 0.717) is 12.1 Å². The van der Waals surface area contributed by atoms with E-state index in [1.807, 2.05) is 0 Å². The third kappa shape index (κ3) is 4.60. The van der Waals surface area contributed by atoms with Gasteiger partial charge in [-0.15, -0.1) is 0 Å². The molecule has 0 bridgehead atoms. The summed E-state index contributed by atoms with van der Waals surface area (Å²) < 4.78 is 37.7. The van der Waals surface area contributed by atoms with Crippen LogP contribution in [0.1, 0.15) is 13.3 Å². The smallest absolute Gasteiger partial charge is 0.388 e. The number of hydrogen-bond acceptors (Lipinski definition) is 4. The van der Waals surface area contributed by atoms with Crippen molar-refractivity contribution >= 4 is 17.1 Å². The van der Waals surface area contributed by atoms with Gasteiger partial charge in [-0.3, -0.25) is 10.1 Å². The van der Waals surface area contributed by atoms with E-state index in [9.17, 15) is 23.3 Å². The zero-order valence-electron chi connectivity index (χ0n) is 11.2. The number of non-ortho nitro benzene ring substituents is 1. The highest BCUT2D eigenvalue weighted by atomic mass is 19.4. The quantitative estimate of drug-likeness (QED) is 0.644. The zero-order valence-corrected chi connectivity index (χ0v) is 11.2. The molecule has 1 N–H and O–H groups in total. The van der Waals surface area contributed by atoms with Gasteiger partial charge in [-0.1, -0.05) is 6.92 Å². The van der Waals surface area contributed by atoms with Crippen LogP contribution in [0, 0.1) is 10.1 Å². The highest BCUT2D eigenvalue weighted by molar-refractivity contribution is 5.64. The summed E-state index contributed by atoms with van der Waals surface area (Å²) in [6, 6.07) is 3.90. The second-order valence-electron chi connectivity index (χ2n) is 4.28. The highest BCUT2D eigenvalue weighted by Crippen LogP contribution is 2.29. The number of benzene rings is 1. The van der Waals surface area contributed by atoms with Crippen molar-refractivity contribution in [2.75, 3.05) is 30.4 Å². The van der Waals surface area contributed by atoms with Crippen LogP contribution in [0.25, 0.3) is 0 Å². The average molecular weight is 291 g/mol. The Bertz CT molecular complexity index is 478. The third-order valence-corrected chi connectivity index (χ3v) is 2.63. The number of hydrogen-bond donors (Lipinski definition) is 1. The number of nitro benzene ring substituents is 1. The molecular formula is C12H16F3N3O2. The molecule has 8 heteroatoms. The second-order valence-corrected chi connectivity index (χ2v) is 4.28. The molecule has 0 aliphatic carbocycles. The van der Waals surface area contributed by atoms with E-state index >= 15 is 0 Å². The molecule has 0 radical (unpaired) electrons. The van der Waals surface area contributed by atoms with Crippen LogP contribution in [0.3, 0.4) is 0 Å². The molecule has 0 aromatic heterocycles. The van der Waals surface area contributed by atoms with Gasteiger partial charge in [-0.2, -0.15) is 13.2 Å². The monoisotopic (exact) mass is 291 g/mol. The lowest BCUT2D eigenvalue weighted by Gasteiger charge is -2.25. The molecule has 0 atom stereocenters. The lowest BCUT2D eigenvalue weighted by atomic mass is 10.2. The summed E-state index contributed by atoms with van der Waals surface area (Å²) in [5.74, 6) is 0. The number of nitro groups is 1. The van der Waals surface area contributed by atoms with Gasteiger partial charge in [-0.25, -0.2) is 0 Å². The third-order valence-electron chi connectivity index (χ3n) is 2.63. The maximum atomic E-state index is 12.6. The van der Waals surface area contributed by atoms with Crippen molar-refractivity contribution in [3.8, 4) is 0 Å². The van der Waals surface area contributed by atoms with Crippen LogP contribution in [0.2, 0.25) is 0 Å². The fourth-order valence-electron chi connectivity index (χ4n) is 1.81. The van der Waals surface area contributed by atoms with Gasteiger partial charge >= 0.3 is 6.18 Å². The fraction of sp³-hybridized carbons (Fsp3) is 0.500. The van der Waals surface area contributed by atoms with Gasteiger partial charge < -0.3 is 10.2 Å². The van der Waals surface area contributed by atoms with Crippen LogP contribution in [-0.2, 0) is 0 Å². The van der Waals surface area contributed by atoms with E-state index in [4.69, 9.17) is 0 Å². The molecule has 0 fully saturated rings. The first kappa shape index (κ1) is 16.1. The summed E-state index contributed by atoms with van der Waals surface area (Å²) in [5, 5.41) is 13.5. The number of anilines is 2. The Labute approximate surface area is 114 Å². The number of alkyl halides is 3. The Morgan fingerprint density at radius 3 is 2.45 bits per heavy atom. The average Bonchev–Trinajstić information content (AvgIpc) is 2.36. The molecule has 112 valence electrons. The fourth-order valence-corrected chi connectivity index (χ4v) is 1.81. The molecule has 0 saturated heterocycles. The van der Waals surface area contributed by atoms with E-state index in [1.54, 1.807) is 14.0 Å². The van der Waals surface area contributed by atoms with E-state index in [-0.39, 0.29) is 17.9 Å². The normalized spacial score (nSPS) is 11.2. The minimum Gasteiger partial charge on any atom is -0.388 e. The van der Waals surface area contributed by atoms with E-state index < -0.39 is 17.6 Å². The molecule has 0 aliphatic heterocycles. The summed E-state index contributed by atoms with van der Waals surface area (Å²) >= 11 is 0. The van der Waals surface area contributed by atoms with Crippen LogP contribution in [0.15, 0.2) is 18.2 Å². The maximum Gasteiger partial charge on any atom is 0.405 e. The standard InChI is InChI=1S/C12H16F3N3O2/c1-3-4-17(8-12(13,14)15)10-5-9(16-2)6-11(7-10)18(19)20/h5-7,16H,3-4,8H2,1-2H3. The van der Waals surface area contributed by atoms with Crippen molar-refractivity contribution in [2.45, 2.75) is 19.5 Å². The van der Waals surface area contributed by atoms with E-state index in [1.165, 1.54) is 12.1 Å². The Kier molecular flexibility index (Phi) is 5.18. The highest BCUT2D eigenvalue weighted by Gasteiger charge is 2.31. The maximum absolute atomic E-state index is 12.6. The van der Waals surface area contributed by atoms with Gasteiger partial charge in [0.2, 0.25) is 0 Å². The molecule has 1 aromatic rings. The van der Waals surface area contributed by atoms with Gasteiger partial charge in [0.1, 0.15) is 6.54 Å². The first-order chi connectivity index (χ1) is 9.26. The summed E-state index contributed by atoms with van der Waals surface area (Å²) in [6.07, 6.45) is -3.85. The molecule has 0 aliphatic rings. The lowest BCUT2D eigenvalue weighted by molar-refractivity contribution is -0.384. The summed E-state index contributed by atoms with van der Waals surface area (Å²) in [4.78, 5) is 11.3. The molecule has 1 rings (SSSR count). The van der Waals surface area contributed by atoms with Crippen molar-refractivity contribution in [1.82, 2.24) is 0 Å². The lowest BCUT2D eigenvalue weighted by Crippen LogP contribution is -2.34. The summed E-state index contributed by atoms with van der Waals surface area (Å²) in [7, 11) is 1.55. The molecule has 0 saturated carbocycles. The molecule has 20 heavy (non-hydrogen) atoms. The van der Waals surface area contributed by atoms with Crippen LogP contribution in [0.5, 0.6) is 0 Å². The number of halogens is 3. The Hall–Kier alpha value is -1.99. The van der Waals surface area contributed by atoms with E-state index in [0.717, 1.165) is 11.0 Å². The first-order valence-electron chi connectivity index (χ1n) is 6.05. The number of rotatable bonds is 6. The van der Waals surface area contributed by atoms with Crippen LogP contribution < -0.4 is 10.2 Å². The van der Waals surface area contributed by atoms with Crippen LogP contribution in [0.4, 0.5) is 30.2 Å². The van der Waals surface area contributed by atoms with E-state index in [2.05, 4.69) is 5.32 Å². The minimum absolute atomic E-state index is 0.170. The number of nitrogens with one attached hydrogen (secondary N) is 1.